The van der Waals surface area contributed by atoms with E-state index in [1.54, 1.807) is 54.6 Å². The summed E-state index contributed by atoms with van der Waals surface area (Å²) in [6.45, 7) is -0.912. The van der Waals surface area contributed by atoms with Crippen LogP contribution in [-0.2, 0) is 30.2 Å². The number of aromatic nitrogens is 3. The number of hydrogen-bond donors (Lipinski definition) is 1. The van der Waals surface area contributed by atoms with Crippen molar-refractivity contribution in [1.29, 1.82) is 0 Å². The Morgan fingerprint density at radius 1 is 0.736 bits per heavy atom. The van der Waals surface area contributed by atoms with E-state index >= 15 is 0 Å². The summed E-state index contributed by atoms with van der Waals surface area (Å²) >= 11 is 0. The quantitative estimate of drug-likeness (QED) is 0.155. The lowest BCUT2D eigenvalue weighted by molar-refractivity contribution is -0.0705. The number of ether oxygens (including phenoxy) is 5. The predicted octanol–water partition coefficient (Wildman–Crippen LogP) is 3.15. The molecule has 5 aromatic rings. The summed E-state index contributed by atoms with van der Waals surface area (Å²) in [4.78, 5) is 79.1. The molecule has 0 aliphatic carbocycles. The molecule has 1 aliphatic rings. The number of rotatable bonds is 11. The molecule has 1 fully saturated rings. The van der Waals surface area contributed by atoms with E-state index in [0.717, 1.165) is 22.6 Å². The minimum Gasteiger partial charge on any atom is -0.507 e. The van der Waals surface area contributed by atoms with Crippen LogP contribution in [0.1, 0.15) is 53.2 Å². The maximum Gasteiger partial charge on any atom is 0.350 e. The van der Waals surface area contributed by atoms with Gasteiger partial charge in [-0.05, 0) is 54.1 Å². The van der Waals surface area contributed by atoms with Gasteiger partial charge in [-0.2, -0.15) is 9.78 Å². The van der Waals surface area contributed by atoms with Gasteiger partial charge in [0.2, 0.25) is 0 Å². The smallest absolute Gasteiger partial charge is 0.350 e. The van der Waals surface area contributed by atoms with Crippen LogP contribution in [-0.4, -0.2) is 75.4 Å². The van der Waals surface area contributed by atoms with Gasteiger partial charge in [-0.25, -0.2) is 24.0 Å². The van der Waals surface area contributed by atoms with Gasteiger partial charge in [0.1, 0.15) is 30.2 Å². The van der Waals surface area contributed by atoms with E-state index in [1.165, 1.54) is 54.6 Å². The first-order valence-corrected chi connectivity index (χ1v) is 16.1. The van der Waals surface area contributed by atoms with E-state index in [0.29, 0.717) is 0 Å². The Hall–Kier alpha value is -6.87. The van der Waals surface area contributed by atoms with Crippen molar-refractivity contribution in [2.24, 2.45) is 0 Å². The van der Waals surface area contributed by atoms with E-state index in [-0.39, 0.29) is 33.6 Å². The molecule has 0 saturated carbocycles. The van der Waals surface area contributed by atoms with Crippen molar-refractivity contribution in [2.75, 3.05) is 13.7 Å². The summed E-state index contributed by atoms with van der Waals surface area (Å²) in [5.74, 6) is -3.65. The molecule has 4 aromatic carbocycles. The van der Waals surface area contributed by atoms with Crippen LogP contribution >= 0.6 is 0 Å². The largest absolute Gasteiger partial charge is 0.507 e. The standard InChI is InChI=1S/C38H31N3O12/c1-49-37(47)27-19-23(17-18-28(27)42)21-40-30(43)20-39-41(38(40)48)33-32(53-36(46)26-15-9-4-10-16-26)31(52-35(45)25-13-7-3-8-14-25)29(51-33)22-50-34(44)24-11-5-2-6-12-24/h2-20,29,31-33,42H,21-22H2,1H3/t29-,31-,32-,33-/m1/s1. The van der Waals surface area contributed by atoms with E-state index in [1.807, 2.05) is 0 Å². The summed E-state index contributed by atoms with van der Waals surface area (Å²) < 4.78 is 29.7. The van der Waals surface area contributed by atoms with Gasteiger partial charge in [0.25, 0.3) is 5.56 Å². The topological polar surface area (TPSA) is 192 Å². The van der Waals surface area contributed by atoms with Crippen LogP contribution in [0.4, 0.5) is 0 Å². The van der Waals surface area contributed by atoms with Crippen molar-refractivity contribution >= 4 is 23.9 Å². The molecule has 15 heteroatoms. The van der Waals surface area contributed by atoms with Crippen molar-refractivity contribution in [2.45, 2.75) is 31.1 Å². The third-order valence-corrected chi connectivity index (χ3v) is 8.21. The van der Waals surface area contributed by atoms with Gasteiger partial charge >= 0.3 is 29.6 Å². The molecule has 2 heterocycles. The van der Waals surface area contributed by atoms with Gasteiger partial charge in [0.05, 0.1) is 30.3 Å². The SMILES string of the molecule is COC(=O)c1cc(Cn2c(=O)cnn([C@@H]3O[C@H](COC(=O)c4ccccc4)[C@@H](OC(=O)c4ccccc4)[C@H]3OC(=O)c3ccccc3)c2=O)ccc1O. The molecule has 1 saturated heterocycles. The molecule has 53 heavy (non-hydrogen) atoms. The molecule has 0 unspecified atom stereocenters. The summed E-state index contributed by atoms with van der Waals surface area (Å²) in [6.07, 6.45) is -5.16. The summed E-state index contributed by atoms with van der Waals surface area (Å²) in [5.41, 5.74) is -1.32. The molecule has 4 atom stereocenters. The maximum absolute atomic E-state index is 14.0. The minimum absolute atomic E-state index is 0.123. The van der Waals surface area contributed by atoms with Crippen LogP contribution in [0.15, 0.2) is 125 Å². The van der Waals surface area contributed by atoms with Crippen molar-refractivity contribution in [3.63, 3.8) is 0 Å². The highest BCUT2D eigenvalue weighted by molar-refractivity contribution is 5.92. The Kier molecular flexibility index (Phi) is 10.8. The molecular formula is C38H31N3O12. The second-order valence-corrected chi connectivity index (χ2v) is 11.6. The highest BCUT2D eigenvalue weighted by Crippen LogP contribution is 2.34. The molecule has 0 radical (unpaired) electrons. The Morgan fingerprint density at radius 3 is 1.85 bits per heavy atom. The number of phenols is 1. The second-order valence-electron chi connectivity index (χ2n) is 11.6. The zero-order valence-corrected chi connectivity index (χ0v) is 28.0. The second kappa shape index (κ2) is 16.0. The molecule has 0 spiro atoms. The number of benzene rings is 4. The minimum atomic E-state index is -1.62. The van der Waals surface area contributed by atoms with Gasteiger partial charge in [0.15, 0.2) is 18.4 Å². The van der Waals surface area contributed by atoms with Crippen molar-refractivity contribution in [1.82, 2.24) is 14.3 Å². The summed E-state index contributed by atoms with van der Waals surface area (Å²) in [6, 6.07) is 27.7. The van der Waals surface area contributed by atoms with E-state index in [9.17, 15) is 33.9 Å². The van der Waals surface area contributed by atoms with Crippen LogP contribution in [0.5, 0.6) is 5.75 Å². The lowest BCUT2D eigenvalue weighted by Gasteiger charge is -2.24. The molecule has 6 rings (SSSR count). The van der Waals surface area contributed by atoms with Crippen LogP contribution in [0.3, 0.4) is 0 Å². The van der Waals surface area contributed by atoms with Crippen LogP contribution in [0.25, 0.3) is 0 Å². The predicted molar refractivity (Wildman–Crippen MR) is 183 cm³/mol. The zero-order valence-electron chi connectivity index (χ0n) is 28.0. The number of carbonyl (C=O) groups is 4. The average molecular weight is 722 g/mol. The van der Waals surface area contributed by atoms with Gasteiger partial charge in [0, 0.05) is 0 Å². The molecule has 0 bridgehead atoms. The Bertz CT molecular complexity index is 2240. The number of carbonyl (C=O) groups excluding carboxylic acids is 4. The fourth-order valence-corrected chi connectivity index (χ4v) is 5.56. The first-order valence-electron chi connectivity index (χ1n) is 16.1. The number of esters is 4. The molecule has 1 aliphatic heterocycles. The lowest BCUT2D eigenvalue weighted by atomic mass is 10.1. The van der Waals surface area contributed by atoms with Gasteiger partial charge in [-0.3, -0.25) is 9.36 Å². The number of methoxy groups -OCH3 is 1. The van der Waals surface area contributed by atoms with Crippen LogP contribution in [0.2, 0.25) is 0 Å². The van der Waals surface area contributed by atoms with Gasteiger partial charge < -0.3 is 28.8 Å². The van der Waals surface area contributed by atoms with Crippen molar-refractivity contribution in [3.8, 4) is 5.75 Å². The summed E-state index contributed by atoms with van der Waals surface area (Å²) in [5, 5.41) is 14.1. The third-order valence-electron chi connectivity index (χ3n) is 8.21. The van der Waals surface area contributed by atoms with Crippen LogP contribution < -0.4 is 11.2 Å². The lowest BCUT2D eigenvalue weighted by Crippen LogP contribution is -2.46. The third kappa shape index (κ3) is 8.05. The molecule has 0 amide bonds. The van der Waals surface area contributed by atoms with E-state index < -0.39 is 72.8 Å². The van der Waals surface area contributed by atoms with Gasteiger partial charge in [-0.1, -0.05) is 60.7 Å². The fourth-order valence-electron chi connectivity index (χ4n) is 5.56. The Labute approximate surface area is 300 Å². The normalized spacial score (nSPS) is 17.8. The van der Waals surface area contributed by atoms with E-state index in [4.69, 9.17) is 23.7 Å². The molecular weight excluding hydrogens is 690 g/mol. The average Bonchev–Trinajstić information content (AvgIpc) is 3.51. The van der Waals surface area contributed by atoms with Crippen LogP contribution in [0, 0.1) is 0 Å². The maximum atomic E-state index is 14.0. The molecule has 270 valence electrons. The first kappa shape index (κ1) is 35.9. The fraction of sp³-hybridized carbons (Fsp3) is 0.184. The highest BCUT2D eigenvalue weighted by Gasteiger charge is 2.52. The molecule has 1 aromatic heterocycles. The molecule has 15 nitrogen and oxygen atoms in total. The Balaban J connectivity index is 1.40. The highest BCUT2D eigenvalue weighted by atomic mass is 16.7. The number of nitrogens with zero attached hydrogens (tertiary/aromatic N) is 3. The summed E-state index contributed by atoms with van der Waals surface area (Å²) in [7, 11) is 1.13. The number of aromatic hydroxyl groups is 1. The number of hydrogen-bond acceptors (Lipinski definition) is 13. The zero-order chi connectivity index (χ0) is 37.5. The van der Waals surface area contributed by atoms with Crippen molar-refractivity contribution in [3.05, 3.63) is 164 Å². The first-order chi connectivity index (χ1) is 25.6. The van der Waals surface area contributed by atoms with Gasteiger partial charge in [-0.15, -0.1) is 0 Å². The Morgan fingerprint density at radius 2 is 1.28 bits per heavy atom. The monoisotopic (exact) mass is 721 g/mol. The molecule has 1 N–H and O–H groups in total. The number of phenolic OH excluding ortho intramolecular Hbond substituents is 1. The van der Waals surface area contributed by atoms with E-state index in [2.05, 4.69) is 5.10 Å². The van der Waals surface area contributed by atoms with Crippen molar-refractivity contribution < 1.29 is 48.0 Å².